The number of hydrogen-bond acceptors (Lipinski definition) is 2. The summed E-state index contributed by atoms with van der Waals surface area (Å²) in [6.45, 7) is 9.57. The third-order valence-corrected chi connectivity index (χ3v) is 4.74. The van der Waals surface area contributed by atoms with Gasteiger partial charge in [0, 0.05) is 49.3 Å². The minimum absolute atomic E-state index is 0.690. The van der Waals surface area contributed by atoms with Gasteiger partial charge in [-0.1, -0.05) is 26.7 Å². The standard InChI is InChI=1S/C24H38N2O2/c1-3-5-13-25-15-9-11-23(19-25)21-27-17-7-8-18-28-22-24-12-10-16-26(20-24)14-6-4-2/h9-12,15-16,19-20H,3-8,13-14,17-18,21-22H2,1-2H3/q+2. The summed E-state index contributed by atoms with van der Waals surface area (Å²) >= 11 is 0. The average Bonchev–Trinajstić information content (AvgIpc) is 2.73. The summed E-state index contributed by atoms with van der Waals surface area (Å²) in [7, 11) is 0. The van der Waals surface area contributed by atoms with Gasteiger partial charge in [0.05, 0.1) is 13.2 Å². The Morgan fingerprint density at radius 1 is 0.679 bits per heavy atom. The minimum Gasteiger partial charge on any atom is -0.377 e. The van der Waals surface area contributed by atoms with Gasteiger partial charge in [-0.05, 0) is 25.0 Å². The maximum Gasteiger partial charge on any atom is 0.174 e. The molecule has 0 aliphatic heterocycles. The van der Waals surface area contributed by atoms with Crippen molar-refractivity contribution in [3.05, 3.63) is 60.2 Å². The fourth-order valence-corrected chi connectivity index (χ4v) is 3.07. The molecule has 0 N–H and O–H groups in total. The Morgan fingerprint density at radius 2 is 1.14 bits per heavy atom. The zero-order valence-corrected chi connectivity index (χ0v) is 17.8. The highest BCUT2D eigenvalue weighted by Crippen LogP contribution is 2.02. The molecule has 2 aromatic rings. The van der Waals surface area contributed by atoms with Crippen molar-refractivity contribution in [2.24, 2.45) is 0 Å². The highest BCUT2D eigenvalue weighted by Gasteiger charge is 2.04. The molecule has 0 bridgehead atoms. The fourth-order valence-electron chi connectivity index (χ4n) is 3.07. The normalized spacial score (nSPS) is 11.1. The second-order valence-corrected chi connectivity index (χ2v) is 7.42. The SMILES string of the molecule is CCCC[n+]1cccc(COCCCCOCc2ccc[n+](CCCC)c2)c1. The van der Waals surface area contributed by atoms with Crippen molar-refractivity contribution in [2.75, 3.05) is 13.2 Å². The first-order valence-corrected chi connectivity index (χ1v) is 10.9. The van der Waals surface area contributed by atoms with Gasteiger partial charge in [0.2, 0.25) is 0 Å². The zero-order valence-electron chi connectivity index (χ0n) is 17.8. The van der Waals surface area contributed by atoms with Crippen molar-refractivity contribution in [3.8, 4) is 0 Å². The Hall–Kier alpha value is -1.78. The molecule has 0 fully saturated rings. The molecule has 0 aliphatic rings. The van der Waals surface area contributed by atoms with Crippen molar-refractivity contribution in [2.45, 2.75) is 78.7 Å². The van der Waals surface area contributed by atoms with Crippen molar-refractivity contribution < 1.29 is 18.6 Å². The lowest BCUT2D eigenvalue weighted by atomic mass is 10.2. The Labute approximate surface area is 171 Å². The molecule has 0 saturated heterocycles. The molecule has 0 atom stereocenters. The molecule has 0 unspecified atom stereocenters. The Bertz CT molecular complexity index is 603. The number of hydrogen-bond donors (Lipinski definition) is 0. The lowest BCUT2D eigenvalue weighted by molar-refractivity contribution is -0.698. The summed E-state index contributed by atoms with van der Waals surface area (Å²) in [5.41, 5.74) is 2.49. The molecule has 154 valence electrons. The van der Waals surface area contributed by atoms with Crippen LogP contribution in [0.2, 0.25) is 0 Å². The third-order valence-electron chi connectivity index (χ3n) is 4.74. The minimum atomic E-state index is 0.690. The molecule has 28 heavy (non-hydrogen) atoms. The van der Waals surface area contributed by atoms with Gasteiger partial charge in [0.1, 0.15) is 13.1 Å². The molecule has 0 amide bonds. The first kappa shape index (κ1) is 22.5. The monoisotopic (exact) mass is 386 g/mol. The molecule has 0 spiro atoms. The molecule has 4 heteroatoms. The maximum atomic E-state index is 5.83. The van der Waals surface area contributed by atoms with Crippen LogP contribution < -0.4 is 9.13 Å². The molecule has 2 heterocycles. The molecular formula is C24H38N2O2+2. The van der Waals surface area contributed by atoms with Crippen molar-refractivity contribution in [1.82, 2.24) is 0 Å². The Balaban J connectivity index is 1.53. The first-order valence-electron chi connectivity index (χ1n) is 10.9. The van der Waals surface area contributed by atoms with E-state index in [1.54, 1.807) is 0 Å². The van der Waals surface area contributed by atoms with Gasteiger partial charge in [-0.25, -0.2) is 9.13 Å². The van der Waals surface area contributed by atoms with Gasteiger partial charge in [-0.3, -0.25) is 0 Å². The van der Waals surface area contributed by atoms with Crippen LogP contribution in [0.3, 0.4) is 0 Å². The van der Waals surface area contributed by atoms with Crippen molar-refractivity contribution in [3.63, 3.8) is 0 Å². The molecule has 0 radical (unpaired) electrons. The number of aryl methyl sites for hydroxylation is 2. The van der Waals surface area contributed by atoms with Crippen molar-refractivity contribution in [1.29, 1.82) is 0 Å². The smallest absolute Gasteiger partial charge is 0.174 e. The predicted octanol–water partition coefficient (Wildman–Crippen LogP) is 4.38. The number of rotatable bonds is 15. The van der Waals surface area contributed by atoms with Crippen LogP contribution in [-0.4, -0.2) is 13.2 Å². The highest BCUT2D eigenvalue weighted by molar-refractivity contribution is 5.04. The quantitative estimate of drug-likeness (QED) is 0.335. The van der Waals surface area contributed by atoms with E-state index in [-0.39, 0.29) is 0 Å². The van der Waals surface area contributed by atoms with Crippen molar-refractivity contribution >= 4 is 0 Å². The largest absolute Gasteiger partial charge is 0.377 e. The van der Waals surface area contributed by atoms with Crippen LogP contribution in [0.5, 0.6) is 0 Å². The molecule has 0 aliphatic carbocycles. The highest BCUT2D eigenvalue weighted by atomic mass is 16.5. The van der Waals surface area contributed by atoms with E-state index < -0.39 is 0 Å². The summed E-state index contributed by atoms with van der Waals surface area (Å²) in [5.74, 6) is 0. The molecule has 0 aromatic carbocycles. The first-order chi connectivity index (χ1) is 13.8. The van der Waals surface area contributed by atoms with E-state index in [9.17, 15) is 0 Å². The maximum absolute atomic E-state index is 5.83. The number of ether oxygens (including phenoxy) is 2. The lowest BCUT2D eigenvalue weighted by Crippen LogP contribution is -2.33. The lowest BCUT2D eigenvalue weighted by Gasteiger charge is -2.06. The Morgan fingerprint density at radius 3 is 1.57 bits per heavy atom. The van der Waals surface area contributed by atoms with E-state index in [2.05, 4.69) is 72.0 Å². The zero-order chi connectivity index (χ0) is 19.9. The van der Waals surface area contributed by atoms with Crippen LogP contribution in [0.4, 0.5) is 0 Å². The number of pyridine rings is 2. The fraction of sp³-hybridized carbons (Fsp3) is 0.583. The van der Waals surface area contributed by atoms with E-state index in [1.807, 2.05) is 0 Å². The third kappa shape index (κ3) is 9.43. The van der Waals surface area contributed by atoms with E-state index in [0.29, 0.717) is 13.2 Å². The molecule has 2 aromatic heterocycles. The van der Waals surface area contributed by atoms with Crippen LogP contribution in [0.1, 0.15) is 63.5 Å². The van der Waals surface area contributed by atoms with E-state index in [1.165, 1.54) is 36.8 Å². The van der Waals surface area contributed by atoms with Crippen LogP contribution >= 0.6 is 0 Å². The van der Waals surface area contributed by atoms with Crippen LogP contribution in [-0.2, 0) is 35.8 Å². The van der Waals surface area contributed by atoms with Gasteiger partial charge >= 0.3 is 0 Å². The van der Waals surface area contributed by atoms with Gasteiger partial charge in [-0.2, -0.15) is 0 Å². The summed E-state index contributed by atoms with van der Waals surface area (Å²) in [6.07, 6.45) is 15.6. The number of nitrogens with zero attached hydrogens (tertiary/aromatic N) is 2. The van der Waals surface area contributed by atoms with Crippen LogP contribution in [0.15, 0.2) is 49.1 Å². The predicted molar refractivity (Wildman–Crippen MR) is 112 cm³/mol. The second-order valence-electron chi connectivity index (χ2n) is 7.42. The van der Waals surface area contributed by atoms with Gasteiger partial charge in [0.25, 0.3) is 0 Å². The van der Waals surface area contributed by atoms with E-state index in [0.717, 1.165) is 39.1 Å². The molecule has 0 saturated carbocycles. The van der Waals surface area contributed by atoms with Gasteiger partial charge < -0.3 is 9.47 Å². The van der Waals surface area contributed by atoms with E-state index in [4.69, 9.17) is 9.47 Å². The van der Waals surface area contributed by atoms with Gasteiger partial charge in [0.15, 0.2) is 24.8 Å². The molecule has 2 rings (SSSR count). The topological polar surface area (TPSA) is 26.2 Å². The molecular weight excluding hydrogens is 348 g/mol. The van der Waals surface area contributed by atoms with Crippen LogP contribution in [0, 0.1) is 0 Å². The average molecular weight is 387 g/mol. The van der Waals surface area contributed by atoms with Crippen LogP contribution in [0.25, 0.3) is 0 Å². The summed E-state index contributed by atoms with van der Waals surface area (Å²) in [5, 5.41) is 0. The number of unbranched alkanes of at least 4 members (excludes halogenated alkanes) is 3. The Kier molecular flexibility index (Phi) is 11.5. The summed E-state index contributed by atoms with van der Waals surface area (Å²) < 4.78 is 16.2. The van der Waals surface area contributed by atoms with E-state index >= 15 is 0 Å². The molecule has 4 nitrogen and oxygen atoms in total. The summed E-state index contributed by atoms with van der Waals surface area (Å²) in [4.78, 5) is 0. The van der Waals surface area contributed by atoms with Gasteiger partial charge in [-0.15, -0.1) is 0 Å². The summed E-state index contributed by atoms with van der Waals surface area (Å²) in [6, 6.07) is 8.49. The number of aromatic nitrogens is 2. The second kappa shape index (κ2) is 14.3.